The predicted molar refractivity (Wildman–Crippen MR) is 67.6 cm³/mol. The fourth-order valence-electron chi connectivity index (χ4n) is 1.39. The van der Waals surface area contributed by atoms with Gasteiger partial charge in [-0.15, -0.1) is 11.3 Å². The van der Waals surface area contributed by atoms with E-state index >= 15 is 0 Å². The Balaban J connectivity index is 2.22. The lowest BCUT2D eigenvalue weighted by Crippen LogP contribution is -2.12. The molecule has 0 aliphatic rings. The summed E-state index contributed by atoms with van der Waals surface area (Å²) >= 11 is 1.35. The topological polar surface area (TPSA) is 62.2 Å². The number of thiazole rings is 1. The van der Waals surface area contributed by atoms with E-state index < -0.39 is 17.5 Å². The zero-order chi connectivity index (χ0) is 13.3. The molecule has 0 saturated carbocycles. The standard InChI is InChI=1S/C12H11FN2O2S/c1-6-7(2)18-12(14-6)15-11(17)9-4-3-8(13)5-10(9)16/h3-5,16H,1-2H3,(H,14,15,17). The Labute approximate surface area is 107 Å². The van der Waals surface area contributed by atoms with Crippen LogP contribution in [0.1, 0.15) is 20.9 Å². The minimum Gasteiger partial charge on any atom is -0.507 e. The highest BCUT2D eigenvalue weighted by molar-refractivity contribution is 7.15. The number of halogens is 1. The number of phenolic OH excluding ortho intramolecular Hbond substituents is 1. The molecule has 2 N–H and O–H groups in total. The Hall–Kier alpha value is -1.95. The first-order valence-corrected chi connectivity index (χ1v) is 6.03. The maximum absolute atomic E-state index is 12.8. The highest BCUT2D eigenvalue weighted by Gasteiger charge is 2.14. The molecule has 6 heteroatoms. The molecule has 0 unspecified atom stereocenters. The van der Waals surface area contributed by atoms with Crippen molar-refractivity contribution in [3.63, 3.8) is 0 Å². The van der Waals surface area contributed by atoms with Crippen LogP contribution in [0.15, 0.2) is 18.2 Å². The summed E-state index contributed by atoms with van der Waals surface area (Å²) in [6, 6.07) is 3.24. The van der Waals surface area contributed by atoms with Crippen molar-refractivity contribution in [2.75, 3.05) is 5.32 Å². The van der Waals surface area contributed by atoms with E-state index in [1.165, 1.54) is 17.4 Å². The van der Waals surface area contributed by atoms with Gasteiger partial charge in [0.1, 0.15) is 11.6 Å². The van der Waals surface area contributed by atoms with Crippen LogP contribution in [-0.4, -0.2) is 16.0 Å². The number of nitrogens with one attached hydrogen (secondary N) is 1. The van der Waals surface area contributed by atoms with E-state index in [4.69, 9.17) is 0 Å². The number of aryl methyl sites for hydroxylation is 2. The highest BCUT2D eigenvalue weighted by Crippen LogP contribution is 2.24. The van der Waals surface area contributed by atoms with Crippen LogP contribution < -0.4 is 5.32 Å². The lowest BCUT2D eigenvalue weighted by atomic mass is 10.2. The molecule has 18 heavy (non-hydrogen) atoms. The van der Waals surface area contributed by atoms with E-state index in [2.05, 4.69) is 10.3 Å². The lowest BCUT2D eigenvalue weighted by Gasteiger charge is -2.03. The Bertz CT molecular complexity index is 591. The summed E-state index contributed by atoms with van der Waals surface area (Å²) in [5, 5.41) is 12.5. The number of carbonyl (C=O) groups is 1. The molecular weight excluding hydrogens is 255 g/mol. The van der Waals surface area contributed by atoms with Crippen LogP contribution in [0.3, 0.4) is 0 Å². The molecule has 2 aromatic rings. The molecule has 94 valence electrons. The minimum absolute atomic E-state index is 0.0157. The molecule has 0 radical (unpaired) electrons. The van der Waals surface area contributed by atoms with Crippen molar-refractivity contribution in [3.05, 3.63) is 40.2 Å². The normalized spacial score (nSPS) is 10.4. The molecule has 2 rings (SSSR count). The minimum atomic E-state index is -0.593. The van der Waals surface area contributed by atoms with Gasteiger partial charge in [0.15, 0.2) is 5.13 Å². The molecule has 1 aromatic carbocycles. The average molecular weight is 266 g/mol. The summed E-state index contributed by atoms with van der Waals surface area (Å²) in [6.45, 7) is 3.74. The van der Waals surface area contributed by atoms with Crippen molar-refractivity contribution >= 4 is 22.4 Å². The van der Waals surface area contributed by atoms with Crippen molar-refractivity contribution in [1.29, 1.82) is 0 Å². The monoisotopic (exact) mass is 266 g/mol. The van der Waals surface area contributed by atoms with Gasteiger partial charge < -0.3 is 5.11 Å². The van der Waals surface area contributed by atoms with E-state index in [0.717, 1.165) is 22.7 Å². The van der Waals surface area contributed by atoms with E-state index in [9.17, 15) is 14.3 Å². The number of carbonyl (C=O) groups excluding carboxylic acids is 1. The quantitative estimate of drug-likeness (QED) is 0.878. The van der Waals surface area contributed by atoms with Gasteiger partial charge in [-0.25, -0.2) is 9.37 Å². The number of aromatic hydroxyl groups is 1. The first-order valence-electron chi connectivity index (χ1n) is 5.21. The Kier molecular flexibility index (Phi) is 3.29. The average Bonchev–Trinajstić information content (AvgIpc) is 2.57. The number of nitrogens with zero attached hydrogens (tertiary/aromatic N) is 1. The molecular formula is C12H11FN2O2S. The van der Waals surface area contributed by atoms with Crippen LogP contribution in [0.4, 0.5) is 9.52 Å². The molecule has 1 amide bonds. The molecule has 1 heterocycles. The van der Waals surface area contributed by atoms with E-state index in [1.807, 2.05) is 13.8 Å². The van der Waals surface area contributed by atoms with Gasteiger partial charge in [-0.05, 0) is 26.0 Å². The fourth-order valence-corrected chi connectivity index (χ4v) is 2.20. The summed E-state index contributed by atoms with van der Waals surface area (Å²) in [7, 11) is 0. The van der Waals surface area contributed by atoms with Crippen LogP contribution in [-0.2, 0) is 0 Å². The Morgan fingerprint density at radius 1 is 1.44 bits per heavy atom. The van der Waals surface area contributed by atoms with Gasteiger partial charge in [0.2, 0.25) is 0 Å². The van der Waals surface area contributed by atoms with Gasteiger partial charge in [0, 0.05) is 10.9 Å². The molecule has 1 aromatic heterocycles. The molecule has 0 fully saturated rings. The number of benzene rings is 1. The molecule has 0 spiro atoms. The summed E-state index contributed by atoms with van der Waals surface area (Å²) in [5.41, 5.74) is 0.862. The Morgan fingerprint density at radius 3 is 2.72 bits per heavy atom. The SMILES string of the molecule is Cc1nc(NC(=O)c2ccc(F)cc2O)sc1C. The number of rotatable bonds is 2. The molecule has 0 aliphatic heterocycles. The molecule has 0 saturated heterocycles. The molecule has 0 atom stereocenters. The van der Waals surface area contributed by atoms with Gasteiger partial charge in [-0.2, -0.15) is 0 Å². The summed E-state index contributed by atoms with van der Waals surface area (Å²) in [5.74, 6) is -1.50. The third-order valence-electron chi connectivity index (χ3n) is 2.45. The largest absolute Gasteiger partial charge is 0.507 e. The molecule has 4 nitrogen and oxygen atoms in total. The maximum atomic E-state index is 12.8. The van der Waals surface area contributed by atoms with E-state index in [1.54, 1.807) is 0 Å². The van der Waals surface area contributed by atoms with Gasteiger partial charge in [-0.1, -0.05) is 0 Å². The zero-order valence-electron chi connectivity index (χ0n) is 9.82. The van der Waals surface area contributed by atoms with Crippen LogP contribution in [0.2, 0.25) is 0 Å². The van der Waals surface area contributed by atoms with Gasteiger partial charge in [0.25, 0.3) is 5.91 Å². The number of aromatic nitrogens is 1. The smallest absolute Gasteiger partial charge is 0.261 e. The summed E-state index contributed by atoms with van der Waals surface area (Å²) in [4.78, 5) is 17.0. The van der Waals surface area contributed by atoms with Crippen molar-refractivity contribution in [2.24, 2.45) is 0 Å². The highest BCUT2D eigenvalue weighted by atomic mass is 32.1. The lowest BCUT2D eigenvalue weighted by molar-refractivity contribution is 0.102. The molecule has 0 bridgehead atoms. The maximum Gasteiger partial charge on any atom is 0.261 e. The van der Waals surface area contributed by atoms with Crippen molar-refractivity contribution < 1.29 is 14.3 Å². The van der Waals surface area contributed by atoms with Gasteiger partial charge in [0.05, 0.1) is 11.3 Å². The number of amides is 1. The van der Waals surface area contributed by atoms with E-state index in [-0.39, 0.29) is 5.56 Å². The first kappa shape index (κ1) is 12.5. The fraction of sp³-hybridized carbons (Fsp3) is 0.167. The molecule has 0 aliphatic carbocycles. The second-order valence-electron chi connectivity index (χ2n) is 3.78. The number of hydrogen-bond acceptors (Lipinski definition) is 4. The van der Waals surface area contributed by atoms with Crippen molar-refractivity contribution in [2.45, 2.75) is 13.8 Å². The second kappa shape index (κ2) is 4.73. The summed E-state index contributed by atoms with van der Waals surface area (Å²) < 4.78 is 12.8. The van der Waals surface area contributed by atoms with Gasteiger partial charge in [-0.3, -0.25) is 10.1 Å². The zero-order valence-corrected chi connectivity index (χ0v) is 10.6. The number of phenols is 1. The first-order chi connectivity index (χ1) is 8.47. The van der Waals surface area contributed by atoms with Gasteiger partial charge >= 0.3 is 0 Å². The predicted octanol–water partition coefficient (Wildman–Crippen LogP) is 2.86. The van der Waals surface area contributed by atoms with Crippen LogP contribution in [0.5, 0.6) is 5.75 Å². The third-order valence-corrected chi connectivity index (χ3v) is 3.44. The number of anilines is 1. The third kappa shape index (κ3) is 2.48. The van der Waals surface area contributed by atoms with Crippen molar-refractivity contribution in [1.82, 2.24) is 4.98 Å². The van der Waals surface area contributed by atoms with Crippen molar-refractivity contribution in [3.8, 4) is 5.75 Å². The van der Waals surface area contributed by atoms with Crippen LogP contribution in [0, 0.1) is 19.7 Å². The van der Waals surface area contributed by atoms with Crippen LogP contribution in [0.25, 0.3) is 0 Å². The number of hydrogen-bond donors (Lipinski definition) is 2. The Morgan fingerprint density at radius 2 is 2.17 bits per heavy atom. The van der Waals surface area contributed by atoms with E-state index in [0.29, 0.717) is 5.13 Å². The summed E-state index contributed by atoms with van der Waals surface area (Å²) in [6.07, 6.45) is 0. The van der Waals surface area contributed by atoms with Crippen LogP contribution >= 0.6 is 11.3 Å². The second-order valence-corrected chi connectivity index (χ2v) is 4.98.